The van der Waals surface area contributed by atoms with E-state index in [4.69, 9.17) is 22.4 Å². The summed E-state index contributed by atoms with van der Waals surface area (Å²) in [5, 5.41) is 8.46. The van der Waals surface area contributed by atoms with Crippen molar-refractivity contribution in [2.24, 2.45) is 0 Å². The molecule has 0 aliphatic carbocycles. The Morgan fingerprint density at radius 2 is 2.10 bits per heavy atom. The predicted molar refractivity (Wildman–Crippen MR) is 37.5 cm³/mol. The minimum atomic E-state index is -0.776. The summed E-state index contributed by atoms with van der Waals surface area (Å²) in [6, 6.07) is 2.48. The molecule has 0 amide bonds. The maximum absolute atomic E-state index is 12.6. The molecule has 0 bridgehead atoms. The SMILES string of the molecule is Nc1ccc(O)c(Cl)c1F. The summed E-state index contributed by atoms with van der Waals surface area (Å²) < 4.78 is 12.6. The highest BCUT2D eigenvalue weighted by molar-refractivity contribution is 6.32. The van der Waals surface area contributed by atoms with Crippen LogP contribution < -0.4 is 5.73 Å². The van der Waals surface area contributed by atoms with Gasteiger partial charge >= 0.3 is 0 Å². The monoisotopic (exact) mass is 161 g/mol. The number of nitrogens with two attached hydrogens (primary N) is 1. The molecular weight excluding hydrogens is 157 g/mol. The molecule has 0 saturated heterocycles. The van der Waals surface area contributed by atoms with Gasteiger partial charge in [-0.2, -0.15) is 0 Å². The Bertz CT molecular complexity index is 237. The van der Waals surface area contributed by atoms with Gasteiger partial charge in [0.25, 0.3) is 0 Å². The molecule has 0 fully saturated rings. The van der Waals surface area contributed by atoms with Crippen molar-refractivity contribution in [1.29, 1.82) is 0 Å². The molecule has 0 radical (unpaired) electrons. The van der Waals surface area contributed by atoms with Crippen molar-refractivity contribution in [3.05, 3.63) is 23.0 Å². The Kier molecular flexibility index (Phi) is 1.68. The Morgan fingerprint density at radius 3 is 2.60 bits per heavy atom. The molecule has 1 aromatic rings. The fourth-order valence-corrected chi connectivity index (χ4v) is 0.726. The summed E-state index contributed by atoms with van der Waals surface area (Å²) in [5.74, 6) is -1.07. The van der Waals surface area contributed by atoms with Crippen LogP contribution >= 0.6 is 11.6 Å². The lowest BCUT2D eigenvalue weighted by Crippen LogP contribution is -1.90. The Labute approximate surface area is 62.0 Å². The van der Waals surface area contributed by atoms with Gasteiger partial charge in [0, 0.05) is 0 Å². The minimum Gasteiger partial charge on any atom is -0.506 e. The number of aromatic hydroxyl groups is 1. The summed E-state index contributed by atoms with van der Waals surface area (Å²) in [4.78, 5) is 0. The molecule has 0 unspecified atom stereocenters. The van der Waals surface area contributed by atoms with Crippen molar-refractivity contribution in [2.75, 3.05) is 5.73 Å². The summed E-state index contributed by atoms with van der Waals surface area (Å²) in [6.45, 7) is 0. The number of phenols is 1. The van der Waals surface area contributed by atoms with Gasteiger partial charge in [0.05, 0.1) is 5.69 Å². The van der Waals surface area contributed by atoms with E-state index in [0.717, 1.165) is 0 Å². The smallest absolute Gasteiger partial charge is 0.168 e. The van der Waals surface area contributed by atoms with E-state index in [-0.39, 0.29) is 16.5 Å². The molecule has 0 heterocycles. The van der Waals surface area contributed by atoms with Crippen molar-refractivity contribution in [3.8, 4) is 5.75 Å². The molecule has 0 saturated carbocycles. The predicted octanol–water partition coefficient (Wildman–Crippen LogP) is 1.77. The van der Waals surface area contributed by atoms with Gasteiger partial charge in [-0.05, 0) is 12.1 Å². The molecule has 4 heteroatoms. The van der Waals surface area contributed by atoms with Gasteiger partial charge in [-0.1, -0.05) is 11.6 Å². The van der Waals surface area contributed by atoms with Gasteiger partial charge in [0.1, 0.15) is 10.8 Å². The number of benzene rings is 1. The second-order valence-corrected chi connectivity index (χ2v) is 2.18. The first-order valence-electron chi connectivity index (χ1n) is 2.55. The van der Waals surface area contributed by atoms with Crippen LogP contribution in [0.5, 0.6) is 5.75 Å². The number of phenolic OH excluding ortho intramolecular Hbond substituents is 1. The highest BCUT2D eigenvalue weighted by atomic mass is 35.5. The van der Waals surface area contributed by atoms with Crippen LogP contribution in [0, 0.1) is 5.82 Å². The molecule has 0 aliphatic rings. The quantitative estimate of drug-likeness (QED) is 0.450. The third-order valence-electron chi connectivity index (χ3n) is 1.09. The molecule has 2 nitrogen and oxygen atoms in total. The van der Waals surface area contributed by atoms with Crippen molar-refractivity contribution in [2.45, 2.75) is 0 Å². The van der Waals surface area contributed by atoms with E-state index in [1.165, 1.54) is 12.1 Å². The van der Waals surface area contributed by atoms with Gasteiger partial charge < -0.3 is 10.8 Å². The lowest BCUT2D eigenvalue weighted by molar-refractivity contribution is 0.470. The maximum Gasteiger partial charge on any atom is 0.168 e. The number of hydrogen-bond acceptors (Lipinski definition) is 2. The van der Waals surface area contributed by atoms with Crippen LogP contribution in [0.15, 0.2) is 12.1 Å². The van der Waals surface area contributed by atoms with E-state index < -0.39 is 5.82 Å². The zero-order valence-corrected chi connectivity index (χ0v) is 5.69. The molecule has 54 valence electrons. The number of halogens is 2. The van der Waals surface area contributed by atoms with E-state index in [1.54, 1.807) is 0 Å². The highest BCUT2D eigenvalue weighted by Gasteiger charge is 2.07. The van der Waals surface area contributed by atoms with Gasteiger partial charge in [0.2, 0.25) is 0 Å². The van der Waals surface area contributed by atoms with Gasteiger partial charge in [0.15, 0.2) is 5.82 Å². The van der Waals surface area contributed by atoms with Crippen LogP contribution in [-0.4, -0.2) is 5.11 Å². The molecule has 0 aromatic heterocycles. The van der Waals surface area contributed by atoms with E-state index >= 15 is 0 Å². The Hall–Kier alpha value is -0.960. The second-order valence-electron chi connectivity index (χ2n) is 1.80. The van der Waals surface area contributed by atoms with Crippen molar-refractivity contribution in [1.82, 2.24) is 0 Å². The van der Waals surface area contributed by atoms with Crippen molar-refractivity contribution >= 4 is 17.3 Å². The van der Waals surface area contributed by atoms with Crippen LogP contribution in [0.4, 0.5) is 10.1 Å². The zero-order chi connectivity index (χ0) is 7.72. The van der Waals surface area contributed by atoms with Crippen LogP contribution in [0.2, 0.25) is 5.02 Å². The molecule has 0 atom stereocenters. The van der Waals surface area contributed by atoms with E-state index in [9.17, 15) is 4.39 Å². The fourth-order valence-electron chi connectivity index (χ4n) is 0.554. The standard InChI is InChI=1S/C6H5ClFNO/c7-5-4(10)2-1-3(9)6(5)8/h1-2,10H,9H2. The van der Waals surface area contributed by atoms with Gasteiger partial charge in [-0.15, -0.1) is 0 Å². The molecule has 10 heavy (non-hydrogen) atoms. The topological polar surface area (TPSA) is 46.2 Å². The zero-order valence-electron chi connectivity index (χ0n) is 4.94. The molecular formula is C6H5ClFNO. The maximum atomic E-state index is 12.6. The van der Waals surface area contributed by atoms with Crippen molar-refractivity contribution in [3.63, 3.8) is 0 Å². The van der Waals surface area contributed by atoms with Crippen LogP contribution in [0.1, 0.15) is 0 Å². The van der Waals surface area contributed by atoms with E-state index in [2.05, 4.69) is 0 Å². The third-order valence-corrected chi connectivity index (χ3v) is 1.45. The van der Waals surface area contributed by atoms with Crippen LogP contribution in [0.3, 0.4) is 0 Å². The van der Waals surface area contributed by atoms with E-state index in [0.29, 0.717) is 0 Å². The Morgan fingerprint density at radius 1 is 1.50 bits per heavy atom. The van der Waals surface area contributed by atoms with Crippen LogP contribution in [0.25, 0.3) is 0 Å². The minimum absolute atomic E-state index is 0.0669. The first-order chi connectivity index (χ1) is 4.63. The number of rotatable bonds is 0. The van der Waals surface area contributed by atoms with Crippen molar-refractivity contribution < 1.29 is 9.50 Å². The third kappa shape index (κ3) is 0.998. The normalized spacial score (nSPS) is 9.80. The molecule has 0 aliphatic heterocycles. The van der Waals surface area contributed by atoms with E-state index in [1.807, 2.05) is 0 Å². The molecule has 3 N–H and O–H groups in total. The molecule has 0 spiro atoms. The largest absolute Gasteiger partial charge is 0.506 e. The highest BCUT2D eigenvalue weighted by Crippen LogP contribution is 2.28. The van der Waals surface area contributed by atoms with Crippen LogP contribution in [-0.2, 0) is 0 Å². The fraction of sp³-hybridized carbons (Fsp3) is 0. The summed E-state index contributed by atoms with van der Waals surface area (Å²) in [7, 11) is 0. The average Bonchev–Trinajstić information content (AvgIpc) is 1.93. The summed E-state index contributed by atoms with van der Waals surface area (Å²) in [5.41, 5.74) is 5.05. The first-order valence-corrected chi connectivity index (χ1v) is 2.93. The average molecular weight is 162 g/mol. The first kappa shape index (κ1) is 7.15. The second kappa shape index (κ2) is 2.34. The number of anilines is 1. The lowest BCUT2D eigenvalue weighted by atomic mass is 10.3. The summed E-state index contributed by atoms with van der Waals surface area (Å²) in [6.07, 6.45) is 0. The summed E-state index contributed by atoms with van der Waals surface area (Å²) >= 11 is 5.28. The van der Waals surface area contributed by atoms with Gasteiger partial charge in [-0.3, -0.25) is 0 Å². The Balaban J connectivity index is 3.34. The lowest BCUT2D eigenvalue weighted by Gasteiger charge is -1.99. The molecule has 1 aromatic carbocycles. The molecule has 1 rings (SSSR count). The van der Waals surface area contributed by atoms with Gasteiger partial charge in [-0.25, -0.2) is 4.39 Å². The number of nitrogen functional groups attached to an aromatic ring is 1. The number of hydrogen-bond donors (Lipinski definition) is 2.